The summed E-state index contributed by atoms with van der Waals surface area (Å²) < 4.78 is 5.55. The first-order valence-corrected chi connectivity index (χ1v) is 8.01. The molecule has 3 heterocycles. The van der Waals surface area contributed by atoms with Crippen LogP contribution in [0.25, 0.3) is 0 Å². The lowest BCUT2D eigenvalue weighted by atomic mass is 10.2. The molecule has 6 heteroatoms. The molecule has 122 valence electrons. The van der Waals surface area contributed by atoms with E-state index in [4.69, 9.17) is 4.42 Å². The lowest BCUT2D eigenvalue weighted by Gasteiger charge is -2.26. The van der Waals surface area contributed by atoms with Crippen molar-refractivity contribution in [2.24, 2.45) is 0 Å². The number of rotatable bonds is 6. The molecule has 23 heavy (non-hydrogen) atoms. The van der Waals surface area contributed by atoms with Crippen LogP contribution in [0.1, 0.15) is 30.2 Å². The molecule has 1 atom stereocenters. The normalized spacial score (nSPS) is 16.2. The van der Waals surface area contributed by atoms with Crippen molar-refractivity contribution >= 4 is 6.03 Å². The summed E-state index contributed by atoms with van der Waals surface area (Å²) in [6.45, 7) is 3.09. The van der Waals surface area contributed by atoms with Gasteiger partial charge in [-0.2, -0.15) is 0 Å². The van der Waals surface area contributed by atoms with Crippen molar-refractivity contribution in [2.75, 3.05) is 19.6 Å². The molecule has 0 aromatic carbocycles. The molecule has 2 aromatic rings. The van der Waals surface area contributed by atoms with Gasteiger partial charge in [0, 0.05) is 25.5 Å². The third-order valence-electron chi connectivity index (χ3n) is 4.08. The lowest BCUT2D eigenvalue weighted by molar-refractivity contribution is 0.203. The standard InChI is InChI=1S/C17H22N4O2/c22-17(19-12-14-5-3-7-18-11-14)20-13-15(16-6-4-10-23-16)21-8-1-2-9-21/h3-7,10-11,15H,1-2,8-9,12-13H2,(H2,19,20,22)/t15-/m1/s1. The summed E-state index contributed by atoms with van der Waals surface area (Å²) in [5.41, 5.74) is 0.977. The van der Waals surface area contributed by atoms with Crippen LogP contribution in [0.15, 0.2) is 47.3 Å². The van der Waals surface area contributed by atoms with E-state index >= 15 is 0 Å². The van der Waals surface area contributed by atoms with Crippen LogP contribution in [0.4, 0.5) is 4.79 Å². The van der Waals surface area contributed by atoms with Crippen molar-refractivity contribution in [2.45, 2.75) is 25.4 Å². The second-order valence-electron chi connectivity index (χ2n) is 5.70. The van der Waals surface area contributed by atoms with E-state index in [2.05, 4.69) is 20.5 Å². The molecule has 1 aliphatic rings. The fraction of sp³-hybridized carbons (Fsp3) is 0.412. The zero-order chi connectivity index (χ0) is 15.9. The molecule has 0 unspecified atom stereocenters. The average Bonchev–Trinajstić information content (AvgIpc) is 3.28. The second-order valence-corrected chi connectivity index (χ2v) is 5.70. The lowest BCUT2D eigenvalue weighted by Crippen LogP contribution is -2.41. The molecule has 0 saturated carbocycles. The highest BCUT2D eigenvalue weighted by Crippen LogP contribution is 2.24. The van der Waals surface area contributed by atoms with E-state index in [1.165, 1.54) is 12.8 Å². The second kappa shape index (κ2) is 7.78. The first kappa shape index (κ1) is 15.6. The number of carbonyl (C=O) groups is 1. The van der Waals surface area contributed by atoms with Crippen LogP contribution in [0.2, 0.25) is 0 Å². The number of likely N-dealkylation sites (tertiary alicyclic amines) is 1. The van der Waals surface area contributed by atoms with Gasteiger partial charge in [0.05, 0.1) is 12.3 Å². The summed E-state index contributed by atoms with van der Waals surface area (Å²) >= 11 is 0. The Balaban J connectivity index is 1.51. The molecule has 0 spiro atoms. The first-order valence-electron chi connectivity index (χ1n) is 8.01. The maximum absolute atomic E-state index is 12.0. The van der Waals surface area contributed by atoms with Gasteiger partial charge in [0.15, 0.2) is 0 Å². The number of hydrogen-bond donors (Lipinski definition) is 2. The summed E-state index contributed by atoms with van der Waals surface area (Å²) in [5.74, 6) is 0.902. The predicted octanol–water partition coefficient (Wildman–Crippen LogP) is 2.31. The zero-order valence-electron chi connectivity index (χ0n) is 13.1. The Hall–Kier alpha value is -2.34. The van der Waals surface area contributed by atoms with Crippen molar-refractivity contribution in [3.8, 4) is 0 Å². The number of carbonyl (C=O) groups excluding carboxylic acids is 1. The van der Waals surface area contributed by atoms with Gasteiger partial charge in [-0.3, -0.25) is 9.88 Å². The molecule has 2 N–H and O–H groups in total. The maximum Gasteiger partial charge on any atom is 0.315 e. The van der Waals surface area contributed by atoms with Gasteiger partial charge in [-0.25, -0.2) is 4.79 Å². The molecular formula is C17H22N4O2. The van der Waals surface area contributed by atoms with E-state index in [-0.39, 0.29) is 12.1 Å². The molecule has 3 rings (SSSR count). The van der Waals surface area contributed by atoms with Crippen LogP contribution in [0.5, 0.6) is 0 Å². The Kier molecular flexibility index (Phi) is 5.26. The highest BCUT2D eigenvalue weighted by Gasteiger charge is 2.25. The van der Waals surface area contributed by atoms with Crippen LogP contribution in [-0.4, -0.2) is 35.5 Å². The molecule has 1 saturated heterocycles. The smallest absolute Gasteiger partial charge is 0.315 e. The van der Waals surface area contributed by atoms with Crippen LogP contribution < -0.4 is 10.6 Å². The number of nitrogens with zero attached hydrogens (tertiary/aromatic N) is 2. The number of hydrogen-bond acceptors (Lipinski definition) is 4. The van der Waals surface area contributed by atoms with Gasteiger partial charge >= 0.3 is 6.03 Å². The minimum Gasteiger partial charge on any atom is -0.468 e. The van der Waals surface area contributed by atoms with Crippen molar-refractivity contribution in [3.63, 3.8) is 0 Å². The van der Waals surface area contributed by atoms with Crippen LogP contribution in [0, 0.1) is 0 Å². The number of pyridine rings is 1. The summed E-state index contributed by atoms with van der Waals surface area (Å²) in [5, 5.41) is 5.80. The zero-order valence-corrected chi connectivity index (χ0v) is 13.1. The number of amides is 2. The largest absolute Gasteiger partial charge is 0.468 e. The van der Waals surface area contributed by atoms with E-state index < -0.39 is 0 Å². The topological polar surface area (TPSA) is 70.4 Å². The summed E-state index contributed by atoms with van der Waals surface area (Å²) in [6, 6.07) is 7.57. The molecule has 6 nitrogen and oxygen atoms in total. The summed E-state index contributed by atoms with van der Waals surface area (Å²) in [6.07, 6.45) is 7.54. The van der Waals surface area contributed by atoms with E-state index in [0.29, 0.717) is 13.1 Å². The third kappa shape index (κ3) is 4.32. The number of furan rings is 1. The van der Waals surface area contributed by atoms with Crippen molar-refractivity contribution in [1.29, 1.82) is 0 Å². The quantitative estimate of drug-likeness (QED) is 0.858. The monoisotopic (exact) mass is 314 g/mol. The highest BCUT2D eigenvalue weighted by atomic mass is 16.3. The Morgan fingerprint density at radius 2 is 2.13 bits per heavy atom. The molecular weight excluding hydrogens is 292 g/mol. The summed E-state index contributed by atoms with van der Waals surface area (Å²) in [4.78, 5) is 18.4. The Morgan fingerprint density at radius 3 is 2.83 bits per heavy atom. The minimum absolute atomic E-state index is 0.0941. The van der Waals surface area contributed by atoms with E-state index in [1.54, 1.807) is 18.7 Å². The minimum atomic E-state index is -0.176. The van der Waals surface area contributed by atoms with Gasteiger partial charge in [-0.15, -0.1) is 0 Å². The molecule has 1 aliphatic heterocycles. The average molecular weight is 314 g/mol. The van der Waals surface area contributed by atoms with Gasteiger partial charge in [-0.1, -0.05) is 6.07 Å². The third-order valence-corrected chi connectivity index (χ3v) is 4.08. The first-order chi connectivity index (χ1) is 11.3. The predicted molar refractivity (Wildman–Crippen MR) is 86.7 cm³/mol. The number of urea groups is 1. The molecule has 0 radical (unpaired) electrons. The Labute approximate surface area is 135 Å². The molecule has 2 aromatic heterocycles. The number of aromatic nitrogens is 1. The molecule has 0 aliphatic carbocycles. The van der Waals surface area contributed by atoms with Crippen LogP contribution >= 0.6 is 0 Å². The molecule has 1 fully saturated rings. The fourth-order valence-electron chi connectivity index (χ4n) is 2.88. The van der Waals surface area contributed by atoms with Crippen LogP contribution in [0.3, 0.4) is 0 Å². The SMILES string of the molecule is O=C(NCc1cccnc1)NC[C@H](c1ccco1)N1CCCC1. The van der Waals surface area contributed by atoms with Crippen molar-refractivity contribution in [1.82, 2.24) is 20.5 Å². The van der Waals surface area contributed by atoms with Crippen molar-refractivity contribution < 1.29 is 9.21 Å². The molecule has 2 amide bonds. The van der Waals surface area contributed by atoms with Gasteiger partial charge in [0.2, 0.25) is 0 Å². The Bertz CT molecular complexity index is 594. The fourth-order valence-corrected chi connectivity index (χ4v) is 2.88. The van der Waals surface area contributed by atoms with Gasteiger partial charge in [0.1, 0.15) is 5.76 Å². The highest BCUT2D eigenvalue weighted by molar-refractivity contribution is 5.73. The Morgan fingerprint density at radius 1 is 1.26 bits per heavy atom. The van der Waals surface area contributed by atoms with Crippen LogP contribution in [-0.2, 0) is 6.54 Å². The van der Waals surface area contributed by atoms with E-state index in [1.807, 2.05) is 24.3 Å². The molecule has 0 bridgehead atoms. The maximum atomic E-state index is 12.0. The number of nitrogens with one attached hydrogen (secondary N) is 2. The van der Waals surface area contributed by atoms with E-state index in [9.17, 15) is 4.79 Å². The summed E-state index contributed by atoms with van der Waals surface area (Å²) in [7, 11) is 0. The van der Waals surface area contributed by atoms with Gasteiger partial charge in [-0.05, 0) is 49.7 Å². The van der Waals surface area contributed by atoms with Gasteiger partial charge in [0.25, 0.3) is 0 Å². The van der Waals surface area contributed by atoms with Crippen molar-refractivity contribution in [3.05, 3.63) is 54.2 Å². The van der Waals surface area contributed by atoms with Gasteiger partial charge < -0.3 is 15.1 Å². The van der Waals surface area contributed by atoms with E-state index in [0.717, 1.165) is 24.4 Å².